The minimum absolute atomic E-state index is 0.0652. The zero-order valence-electron chi connectivity index (χ0n) is 12.8. The lowest BCUT2D eigenvalue weighted by Crippen LogP contribution is -2.32. The Morgan fingerprint density at radius 3 is 2.77 bits per heavy atom. The molecule has 1 atom stereocenters. The van der Waals surface area contributed by atoms with Gasteiger partial charge in [0.25, 0.3) is 0 Å². The van der Waals surface area contributed by atoms with Crippen molar-refractivity contribution in [1.82, 2.24) is 5.32 Å². The van der Waals surface area contributed by atoms with Crippen LogP contribution in [0.15, 0.2) is 48.5 Å². The van der Waals surface area contributed by atoms with E-state index in [1.165, 1.54) is 11.1 Å². The molecule has 2 aromatic carbocycles. The zero-order valence-corrected chi connectivity index (χ0v) is 12.8. The van der Waals surface area contributed by atoms with Crippen molar-refractivity contribution in [1.29, 1.82) is 0 Å². The van der Waals surface area contributed by atoms with Gasteiger partial charge in [-0.25, -0.2) is 0 Å². The van der Waals surface area contributed by atoms with E-state index in [-0.39, 0.29) is 11.9 Å². The number of amides is 1. The molecule has 1 aliphatic heterocycles. The van der Waals surface area contributed by atoms with Gasteiger partial charge in [-0.3, -0.25) is 4.79 Å². The minimum atomic E-state index is 0.0652. The number of fused-ring (bicyclic) bond motifs is 1. The van der Waals surface area contributed by atoms with Crippen molar-refractivity contribution in [3.05, 3.63) is 65.2 Å². The van der Waals surface area contributed by atoms with Gasteiger partial charge >= 0.3 is 0 Å². The molecule has 1 heterocycles. The Labute approximate surface area is 131 Å². The maximum atomic E-state index is 12.2. The fourth-order valence-corrected chi connectivity index (χ4v) is 2.77. The molecular weight excluding hydrogens is 274 g/mol. The summed E-state index contributed by atoms with van der Waals surface area (Å²) in [6, 6.07) is 16.3. The Kier molecular flexibility index (Phi) is 4.42. The highest BCUT2D eigenvalue weighted by atomic mass is 16.5. The fraction of sp³-hybridized carbons (Fsp3) is 0.316. The first kappa shape index (κ1) is 14.6. The lowest BCUT2D eigenvalue weighted by Gasteiger charge is -2.26. The highest BCUT2D eigenvalue weighted by molar-refractivity contribution is 5.77. The second-order valence-electron chi connectivity index (χ2n) is 5.78. The molecule has 3 heteroatoms. The third kappa shape index (κ3) is 3.48. The van der Waals surface area contributed by atoms with Crippen LogP contribution >= 0.6 is 0 Å². The molecule has 1 amide bonds. The van der Waals surface area contributed by atoms with Gasteiger partial charge < -0.3 is 10.1 Å². The first-order valence-corrected chi connectivity index (χ1v) is 7.79. The summed E-state index contributed by atoms with van der Waals surface area (Å²) in [5, 5.41) is 3.14. The van der Waals surface area contributed by atoms with Gasteiger partial charge in [-0.05, 0) is 25.0 Å². The van der Waals surface area contributed by atoms with E-state index in [4.69, 9.17) is 4.74 Å². The molecule has 0 spiro atoms. The van der Waals surface area contributed by atoms with Gasteiger partial charge in [0.1, 0.15) is 5.75 Å². The molecule has 1 aliphatic rings. The topological polar surface area (TPSA) is 38.3 Å². The molecular formula is C19H21NO2. The summed E-state index contributed by atoms with van der Waals surface area (Å²) in [4.78, 5) is 12.2. The average molecular weight is 295 g/mol. The number of aryl methyl sites for hydroxylation is 2. The summed E-state index contributed by atoms with van der Waals surface area (Å²) in [6.45, 7) is 2.72. The number of para-hydroxylation sites is 1. The number of hydrogen-bond donors (Lipinski definition) is 1. The highest BCUT2D eigenvalue weighted by Crippen LogP contribution is 2.31. The van der Waals surface area contributed by atoms with Crippen LogP contribution in [0.5, 0.6) is 5.75 Å². The van der Waals surface area contributed by atoms with Crippen molar-refractivity contribution in [2.24, 2.45) is 0 Å². The molecule has 0 bridgehead atoms. The van der Waals surface area contributed by atoms with Gasteiger partial charge in [0, 0.05) is 18.4 Å². The molecule has 1 N–H and O–H groups in total. The molecule has 0 aliphatic carbocycles. The number of nitrogens with one attached hydrogen (secondary N) is 1. The Morgan fingerprint density at radius 1 is 1.18 bits per heavy atom. The predicted octanol–water partition coefficient (Wildman–Crippen LogP) is 3.57. The van der Waals surface area contributed by atoms with Crippen molar-refractivity contribution < 1.29 is 9.53 Å². The summed E-state index contributed by atoms with van der Waals surface area (Å²) in [5.41, 5.74) is 3.53. The van der Waals surface area contributed by atoms with E-state index in [0.29, 0.717) is 13.0 Å². The van der Waals surface area contributed by atoms with Crippen LogP contribution in [0, 0.1) is 6.92 Å². The Bertz CT molecular complexity index is 649. The number of rotatable bonds is 4. The maximum Gasteiger partial charge on any atom is 0.220 e. The predicted molar refractivity (Wildman–Crippen MR) is 86.9 cm³/mol. The van der Waals surface area contributed by atoms with E-state index in [1.807, 2.05) is 24.3 Å². The van der Waals surface area contributed by atoms with Gasteiger partial charge in [-0.15, -0.1) is 0 Å². The van der Waals surface area contributed by atoms with Crippen molar-refractivity contribution in [2.75, 3.05) is 6.61 Å². The van der Waals surface area contributed by atoms with Gasteiger partial charge in [0.2, 0.25) is 5.91 Å². The van der Waals surface area contributed by atoms with E-state index in [0.717, 1.165) is 24.2 Å². The van der Waals surface area contributed by atoms with Crippen LogP contribution < -0.4 is 10.1 Å². The van der Waals surface area contributed by atoms with Gasteiger partial charge in [0.05, 0.1) is 12.6 Å². The quantitative estimate of drug-likeness (QED) is 0.936. The Balaban J connectivity index is 1.57. The number of hydrogen-bond acceptors (Lipinski definition) is 2. The molecule has 0 fully saturated rings. The smallest absolute Gasteiger partial charge is 0.220 e. The lowest BCUT2D eigenvalue weighted by molar-refractivity contribution is -0.122. The fourth-order valence-electron chi connectivity index (χ4n) is 2.77. The molecule has 22 heavy (non-hydrogen) atoms. The molecule has 114 valence electrons. The van der Waals surface area contributed by atoms with Crippen LogP contribution in [0.3, 0.4) is 0 Å². The molecule has 1 unspecified atom stereocenters. The summed E-state index contributed by atoms with van der Waals surface area (Å²) in [7, 11) is 0. The van der Waals surface area contributed by atoms with Gasteiger partial charge in [-0.2, -0.15) is 0 Å². The standard InChI is InChI=1S/C19H21NO2/c1-14-6-8-15(9-7-14)10-11-19(21)20-17-12-13-22-18-5-3-2-4-16(17)18/h2-9,17H,10-13H2,1H3,(H,20,21). The van der Waals surface area contributed by atoms with E-state index in [1.54, 1.807) is 0 Å². The minimum Gasteiger partial charge on any atom is -0.493 e. The van der Waals surface area contributed by atoms with Crippen molar-refractivity contribution >= 4 is 5.91 Å². The molecule has 0 saturated heterocycles. The van der Waals surface area contributed by atoms with Crippen LogP contribution in [-0.4, -0.2) is 12.5 Å². The first-order valence-electron chi connectivity index (χ1n) is 7.79. The van der Waals surface area contributed by atoms with Crippen molar-refractivity contribution in [2.45, 2.75) is 32.2 Å². The summed E-state index contributed by atoms with van der Waals surface area (Å²) < 4.78 is 5.62. The molecule has 0 saturated carbocycles. The average Bonchev–Trinajstić information content (AvgIpc) is 2.55. The normalized spacial score (nSPS) is 16.5. The molecule has 0 aromatic heterocycles. The second-order valence-corrected chi connectivity index (χ2v) is 5.78. The monoisotopic (exact) mass is 295 g/mol. The summed E-state index contributed by atoms with van der Waals surface area (Å²) in [5.74, 6) is 0.986. The van der Waals surface area contributed by atoms with Gasteiger partial charge in [-0.1, -0.05) is 48.0 Å². The summed E-state index contributed by atoms with van der Waals surface area (Å²) >= 11 is 0. The van der Waals surface area contributed by atoms with Crippen molar-refractivity contribution in [3.63, 3.8) is 0 Å². The molecule has 2 aromatic rings. The van der Waals surface area contributed by atoms with E-state index < -0.39 is 0 Å². The zero-order chi connectivity index (χ0) is 15.4. The third-order valence-electron chi connectivity index (χ3n) is 4.06. The summed E-state index contributed by atoms with van der Waals surface area (Å²) in [6.07, 6.45) is 2.12. The highest BCUT2D eigenvalue weighted by Gasteiger charge is 2.22. The van der Waals surface area contributed by atoms with E-state index >= 15 is 0 Å². The van der Waals surface area contributed by atoms with Crippen LogP contribution in [0.2, 0.25) is 0 Å². The number of carbonyl (C=O) groups excluding carboxylic acids is 1. The lowest BCUT2D eigenvalue weighted by atomic mass is 10.00. The van der Waals surface area contributed by atoms with Gasteiger partial charge in [0.15, 0.2) is 0 Å². The molecule has 3 nitrogen and oxygen atoms in total. The van der Waals surface area contributed by atoms with Crippen molar-refractivity contribution in [3.8, 4) is 5.75 Å². The third-order valence-corrected chi connectivity index (χ3v) is 4.06. The number of benzene rings is 2. The maximum absolute atomic E-state index is 12.2. The van der Waals surface area contributed by atoms with E-state index in [9.17, 15) is 4.79 Å². The van der Waals surface area contributed by atoms with Crippen LogP contribution in [0.4, 0.5) is 0 Å². The van der Waals surface area contributed by atoms with E-state index in [2.05, 4.69) is 36.5 Å². The van der Waals surface area contributed by atoms with Crippen LogP contribution in [0.1, 0.15) is 35.6 Å². The Hall–Kier alpha value is -2.29. The first-order chi connectivity index (χ1) is 10.7. The Morgan fingerprint density at radius 2 is 1.95 bits per heavy atom. The molecule has 0 radical (unpaired) electrons. The largest absolute Gasteiger partial charge is 0.493 e. The SMILES string of the molecule is Cc1ccc(CCC(=O)NC2CCOc3ccccc32)cc1. The molecule has 3 rings (SSSR count). The number of carbonyl (C=O) groups is 1. The van der Waals surface area contributed by atoms with Crippen LogP contribution in [-0.2, 0) is 11.2 Å². The number of ether oxygens (including phenoxy) is 1. The van der Waals surface area contributed by atoms with Crippen LogP contribution in [0.25, 0.3) is 0 Å². The second kappa shape index (κ2) is 6.65.